The number of rotatable bonds is 4. The summed E-state index contributed by atoms with van der Waals surface area (Å²) in [6.07, 6.45) is 0. The van der Waals surface area contributed by atoms with Gasteiger partial charge in [-0.15, -0.1) is 5.11 Å². The van der Waals surface area contributed by atoms with E-state index in [1.807, 2.05) is 36.4 Å². The molecule has 1 N–H and O–H groups in total. The molecule has 6 nitrogen and oxygen atoms in total. The van der Waals surface area contributed by atoms with Gasteiger partial charge in [-0.3, -0.25) is 9.36 Å². The number of pyridine rings is 1. The molecular formula is C20H14Cl2N4O2. The molecule has 0 aliphatic rings. The lowest BCUT2D eigenvalue weighted by Crippen LogP contribution is -2.22. The van der Waals surface area contributed by atoms with E-state index in [1.54, 1.807) is 12.1 Å². The molecule has 0 saturated heterocycles. The zero-order valence-electron chi connectivity index (χ0n) is 14.7. The minimum absolute atomic E-state index is 0.0291. The van der Waals surface area contributed by atoms with Crippen LogP contribution in [0.1, 0.15) is 16.7 Å². The predicted molar refractivity (Wildman–Crippen MR) is 108 cm³/mol. The average molecular weight is 413 g/mol. The van der Waals surface area contributed by atoms with Crippen LogP contribution in [0.2, 0.25) is 10.0 Å². The number of nitriles is 1. The first-order chi connectivity index (χ1) is 13.4. The van der Waals surface area contributed by atoms with Gasteiger partial charge in [-0.2, -0.15) is 10.4 Å². The third-order valence-electron chi connectivity index (χ3n) is 4.12. The second-order valence-corrected chi connectivity index (χ2v) is 6.77. The summed E-state index contributed by atoms with van der Waals surface area (Å²) in [5, 5.41) is 28.6. The van der Waals surface area contributed by atoms with E-state index < -0.39 is 11.4 Å². The fourth-order valence-electron chi connectivity index (χ4n) is 2.62. The van der Waals surface area contributed by atoms with Gasteiger partial charge in [-0.25, -0.2) is 0 Å². The van der Waals surface area contributed by atoms with Gasteiger partial charge in [0.15, 0.2) is 5.69 Å². The van der Waals surface area contributed by atoms with E-state index >= 15 is 0 Å². The van der Waals surface area contributed by atoms with Crippen LogP contribution in [0, 0.1) is 18.3 Å². The molecule has 0 radical (unpaired) electrons. The van der Waals surface area contributed by atoms with Gasteiger partial charge in [-0.1, -0.05) is 53.5 Å². The van der Waals surface area contributed by atoms with Crippen molar-refractivity contribution in [2.24, 2.45) is 10.2 Å². The predicted octanol–water partition coefficient (Wildman–Crippen LogP) is 5.50. The van der Waals surface area contributed by atoms with Crippen molar-refractivity contribution in [3.05, 3.63) is 85.6 Å². The van der Waals surface area contributed by atoms with Crippen molar-refractivity contribution < 1.29 is 5.11 Å². The second-order valence-electron chi connectivity index (χ2n) is 5.96. The summed E-state index contributed by atoms with van der Waals surface area (Å²) in [4.78, 5) is 12.9. The zero-order valence-corrected chi connectivity index (χ0v) is 16.2. The zero-order chi connectivity index (χ0) is 20.3. The highest BCUT2D eigenvalue weighted by molar-refractivity contribution is 6.42. The Labute approximate surface area is 170 Å². The van der Waals surface area contributed by atoms with Gasteiger partial charge in [-0.05, 0) is 30.7 Å². The highest BCUT2D eigenvalue weighted by Gasteiger charge is 2.19. The smallest absolute Gasteiger partial charge is 0.281 e. The third-order valence-corrected chi connectivity index (χ3v) is 4.86. The number of nitrogens with zero attached hydrogens (tertiary/aromatic N) is 4. The molecule has 0 bridgehead atoms. The monoisotopic (exact) mass is 412 g/mol. The normalized spacial score (nSPS) is 10.9. The van der Waals surface area contributed by atoms with Gasteiger partial charge >= 0.3 is 0 Å². The largest absolute Gasteiger partial charge is 0.493 e. The number of benzene rings is 2. The molecule has 1 aromatic heterocycles. The Morgan fingerprint density at radius 2 is 1.82 bits per heavy atom. The molecule has 0 spiro atoms. The Morgan fingerprint density at radius 3 is 2.46 bits per heavy atom. The molecule has 28 heavy (non-hydrogen) atoms. The van der Waals surface area contributed by atoms with E-state index in [0.29, 0.717) is 15.7 Å². The van der Waals surface area contributed by atoms with Gasteiger partial charge in [0.25, 0.3) is 5.56 Å². The standard InChI is InChI=1S/C20H14Cl2N4O2/c1-12-15(10-23)19(27)26(11-13-5-3-2-4-6-13)20(28)18(12)25-24-14-7-8-16(21)17(22)9-14/h2-9,27H,11H2,1H3. The molecule has 0 aliphatic heterocycles. The summed E-state index contributed by atoms with van der Waals surface area (Å²) in [5.74, 6) is -0.401. The first kappa shape index (κ1) is 19.6. The van der Waals surface area contributed by atoms with E-state index in [2.05, 4.69) is 10.2 Å². The van der Waals surface area contributed by atoms with Crippen LogP contribution in [0.3, 0.4) is 0 Å². The van der Waals surface area contributed by atoms with Crippen molar-refractivity contribution in [2.45, 2.75) is 13.5 Å². The minimum atomic E-state index is -0.554. The van der Waals surface area contributed by atoms with E-state index in [1.165, 1.54) is 13.0 Å². The van der Waals surface area contributed by atoms with Crippen molar-refractivity contribution in [2.75, 3.05) is 0 Å². The van der Waals surface area contributed by atoms with Crippen molar-refractivity contribution in [1.82, 2.24) is 4.57 Å². The van der Waals surface area contributed by atoms with Crippen LogP contribution in [0.5, 0.6) is 5.88 Å². The Bertz CT molecular complexity index is 1170. The van der Waals surface area contributed by atoms with Crippen LogP contribution in [0.25, 0.3) is 0 Å². The first-order valence-electron chi connectivity index (χ1n) is 8.19. The second kappa shape index (κ2) is 8.26. The maximum atomic E-state index is 12.9. The van der Waals surface area contributed by atoms with Gasteiger partial charge in [0.1, 0.15) is 11.6 Å². The van der Waals surface area contributed by atoms with Crippen LogP contribution >= 0.6 is 23.2 Å². The molecule has 0 atom stereocenters. The summed E-state index contributed by atoms with van der Waals surface area (Å²) in [5.41, 5.74) is 0.823. The highest BCUT2D eigenvalue weighted by atomic mass is 35.5. The number of hydrogen-bond acceptors (Lipinski definition) is 5. The lowest BCUT2D eigenvalue weighted by Gasteiger charge is -2.13. The molecule has 2 aromatic carbocycles. The van der Waals surface area contributed by atoms with Crippen LogP contribution < -0.4 is 5.56 Å². The molecule has 0 amide bonds. The lowest BCUT2D eigenvalue weighted by atomic mass is 10.1. The van der Waals surface area contributed by atoms with E-state index in [0.717, 1.165) is 10.1 Å². The average Bonchev–Trinajstić information content (AvgIpc) is 2.69. The summed E-state index contributed by atoms with van der Waals surface area (Å²) in [6.45, 7) is 1.63. The Kier molecular flexibility index (Phi) is 5.78. The fraction of sp³-hybridized carbons (Fsp3) is 0.100. The van der Waals surface area contributed by atoms with Crippen molar-refractivity contribution >= 4 is 34.6 Å². The maximum Gasteiger partial charge on any atom is 0.281 e. The first-order valence-corrected chi connectivity index (χ1v) is 8.95. The van der Waals surface area contributed by atoms with E-state index in [-0.39, 0.29) is 23.4 Å². The molecule has 1 heterocycles. The molecule has 0 fully saturated rings. The van der Waals surface area contributed by atoms with Gasteiger partial charge in [0.05, 0.1) is 22.3 Å². The van der Waals surface area contributed by atoms with Crippen LogP contribution in [0.4, 0.5) is 11.4 Å². The third kappa shape index (κ3) is 3.91. The molecule has 3 aromatic rings. The summed E-state index contributed by atoms with van der Waals surface area (Å²) in [7, 11) is 0. The number of aromatic hydroxyl groups is 1. The molecule has 0 saturated carbocycles. The molecule has 0 unspecified atom stereocenters. The van der Waals surface area contributed by atoms with Gasteiger partial charge < -0.3 is 5.11 Å². The van der Waals surface area contributed by atoms with Gasteiger partial charge in [0.2, 0.25) is 5.88 Å². The van der Waals surface area contributed by atoms with Crippen molar-refractivity contribution in [1.29, 1.82) is 5.26 Å². The number of halogens is 2. The molecule has 3 rings (SSSR count). The topological polar surface area (TPSA) is 90.7 Å². The quantitative estimate of drug-likeness (QED) is 0.572. The Balaban J connectivity index is 2.11. The molecule has 8 heteroatoms. The van der Waals surface area contributed by atoms with Gasteiger partial charge in [0, 0.05) is 5.56 Å². The SMILES string of the molecule is Cc1c(C#N)c(O)n(Cc2ccccc2)c(=O)c1N=Nc1ccc(Cl)c(Cl)c1. The van der Waals surface area contributed by atoms with Crippen LogP contribution in [-0.2, 0) is 6.54 Å². The summed E-state index contributed by atoms with van der Waals surface area (Å²) >= 11 is 11.8. The van der Waals surface area contributed by atoms with Crippen molar-refractivity contribution in [3.63, 3.8) is 0 Å². The Morgan fingerprint density at radius 1 is 1.11 bits per heavy atom. The van der Waals surface area contributed by atoms with Crippen molar-refractivity contribution in [3.8, 4) is 11.9 Å². The number of aromatic nitrogens is 1. The minimum Gasteiger partial charge on any atom is -0.493 e. The fourth-order valence-corrected chi connectivity index (χ4v) is 2.92. The van der Waals surface area contributed by atoms with Crippen LogP contribution in [-0.4, -0.2) is 9.67 Å². The summed E-state index contributed by atoms with van der Waals surface area (Å²) < 4.78 is 1.10. The number of azo groups is 1. The Hall–Kier alpha value is -3.14. The lowest BCUT2D eigenvalue weighted by molar-refractivity contribution is 0.412. The van der Waals surface area contributed by atoms with E-state index in [9.17, 15) is 15.2 Å². The summed E-state index contributed by atoms with van der Waals surface area (Å²) in [6, 6.07) is 15.7. The number of hydrogen-bond donors (Lipinski definition) is 1. The van der Waals surface area contributed by atoms with E-state index in [4.69, 9.17) is 23.2 Å². The van der Waals surface area contributed by atoms with Crippen LogP contribution in [0.15, 0.2) is 63.6 Å². The molecular weight excluding hydrogens is 399 g/mol. The highest BCUT2D eigenvalue weighted by Crippen LogP contribution is 2.30. The molecule has 140 valence electrons. The molecule has 0 aliphatic carbocycles. The maximum absolute atomic E-state index is 12.9.